The Morgan fingerprint density at radius 1 is 0.680 bits per heavy atom. The summed E-state index contributed by atoms with van der Waals surface area (Å²) in [6, 6.07) is 35.2. The third-order valence-corrected chi connectivity index (χ3v) is 9.90. The van der Waals surface area contributed by atoms with Crippen molar-refractivity contribution in [3.63, 3.8) is 0 Å². The second kappa shape index (κ2) is 16.4. The third kappa shape index (κ3) is 8.67. The molecule has 1 aliphatic heterocycles. The van der Waals surface area contributed by atoms with Gasteiger partial charge in [-0.25, -0.2) is 4.79 Å². The molecule has 0 radical (unpaired) electrons. The lowest BCUT2D eigenvalue weighted by Gasteiger charge is -2.32. The first-order valence-electron chi connectivity index (χ1n) is 17.6. The summed E-state index contributed by atoms with van der Waals surface area (Å²) in [4.78, 5) is 56.6. The van der Waals surface area contributed by atoms with E-state index in [2.05, 4.69) is 5.32 Å². The van der Waals surface area contributed by atoms with Crippen molar-refractivity contribution in [3.05, 3.63) is 132 Å². The number of carbonyl (C=O) groups is 4. The molecule has 4 aromatic carbocycles. The molecule has 8 heteroatoms. The first kappa shape index (κ1) is 34.6. The van der Waals surface area contributed by atoms with Crippen LogP contribution in [-0.4, -0.2) is 47.3 Å². The maximum atomic E-state index is 14.4. The van der Waals surface area contributed by atoms with Crippen molar-refractivity contribution in [2.24, 2.45) is 5.41 Å². The van der Waals surface area contributed by atoms with Gasteiger partial charge in [0.1, 0.15) is 25.3 Å². The third-order valence-electron chi connectivity index (χ3n) is 9.90. The van der Waals surface area contributed by atoms with E-state index in [0.29, 0.717) is 32.2 Å². The Kier molecular flexibility index (Phi) is 11.4. The molecule has 2 atom stereocenters. The molecule has 2 fully saturated rings. The van der Waals surface area contributed by atoms with Gasteiger partial charge >= 0.3 is 11.9 Å². The SMILES string of the molecule is O=C(CC1(C(=O)N[C@@H](Cc2ccc(-c3ccccc3)cc2)C(=O)N2CCC[C@H]2C(=O)OCc2ccccc2)CCCC1)OCc1ccccc1. The molecule has 4 aromatic rings. The normalized spacial score (nSPS) is 17.1. The number of amides is 2. The fourth-order valence-electron chi connectivity index (χ4n) is 7.11. The van der Waals surface area contributed by atoms with E-state index in [9.17, 15) is 19.2 Å². The maximum absolute atomic E-state index is 14.4. The molecule has 258 valence electrons. The van der Waals surface area contributed by atoms with Crippen LogP contribution in [0.4, 0.5) is 0 Å². The highest BCUT2D eigenvalue weighted by molar-refractivity contribution is 5.94. The van der Waals surface area contributed by atoms with Gasteiger partial charge in [-0.1, -0.05) is 128 Å². The summed E-state index contributed by atoms with van der Waals surface area (Å²) in [5.74, 6) is -1.55. The first-order chi connectivity index (χ1) is 24.4. The van der Waals surface area contributed by atoms with Crippen molar-refractivity contribution in [3.8, 4) is 11.1 Å². The van der Waals surface area contributed by atoms with Gasteiger partial charge in [0.15, 0.2) is 0 Å². The predicted octanol–water partition coefficient (Wildman–Crippen LogP) is 6.81. The lowest BCUT2D eigenvalue weighted by atomic mass is 9.81. The monoisotopic (exact) mass is 672 g/mol. The molecule has 2 amide bonds. The zero-order valence-corrected chi connectivity index (χ0v) is 28.3. The van der Waals surface area contributed by atoms with Crippen LogP contribution in [0.3, 0.4) is 0 Å². The van der Waals surface area contributed by atoms with Gasteiger partial charge in [0.2, 0.25) is 11.8 Å². The summed E-state index contributed by atoms with van der Waals surface area (Å²) in [7, 11) is 0. The van der Waals surface area contributed by atoms with Crippen LogP contribution in [-0.2, 0) is 48.3 Å². The maximum Gasteiger partial charge on any atom is 0.329 e. The molecular formula is C42H44N2O6. The summed E-state index contributed by atoms with van der Waals surface area (Å²) in [5.41, 5.74) is 3.76. The van der Waals surface area contributed by atoms with E-state index >= 15 is 0 Å². The van der Waals surface area contributed by atoms with Crippen molar-refractivity contribution < 1.29 is 28.7 Å². The highest BCUT2D eigenvalue weighted by atomic mass is 16.5. The largest absolute Gasteiger partial charge is 0.461 e. The Hall–Kier alpha value is -5.24. The number of benzene rings is 4. The average Bonchev–Trinajstić information content (AvgIpc) is 3.85. The number of esters is 2. The van der Waals surface area contributed by atoms with Crippen LogP contribution in [0.2, 0.25) is 0 Å². The molecular weight excluding hydrogens is 628 g/mol. The summed E-state index contributed by atoms with van der Waals surface area (Å²) in [6.45, 7) is 0.642. The molecule has 8 nitrogen and oxygen atoms in total. The minimum Gasteiger partial charge on any atom is -0.461 e. The Morgan fingerprint density at radius 2 is 1.24 bits per heavy atom. The van der Waals surface area contributed by atoms with E-state index in [-0.39, 0.29) is 37.9 Å². The number of rotatable bonds is 13. The lowest BCUT2D eigenvalue weighted by molar-refractivity contribution is -0.156. The number of nitrogens with one attached hydrogen (secondary N) is 1. The van der Waals surface area contributed by atoms with Gasteiger partial charge in [-0.05, 0) is 53.5 Å². The standard InChI is InChI=1S/C42H44N2O6/c45-38(49-29-32-13-4-1-5-14-32)28-42(24-10-11-25-42)41(48)43-36(27-31-20-22-35(23-21-31)34-17-8-3-9-18-34)39(46)44-26-12-19-37(44)40(47)50-30-33-15-6-2-7-16-33/h1-9,13-18,20-23,36-37H,10-12,19,24-30H2,(H,43,48)/t36-,37-/m0/s1. The van der Waals surface area contributed by atoms with Crippen LogP contribution in [0.25, 0.3) is 11.1 Å². The number of carbonyl (C=O) groups excluding carboxylic acids is 4. The fraction of sp³-hybridized carbons (Fsp3) is 0.333. The second-order valence-electron chi connectivity index (χ2n) is 13.4. The van der Waals surface area contributed by atoms with Crippen LogP contribution in [0.1, 0.15) is 61.6 Å². The lowest BCUT2D eigenvalue weighted by Crippen LogP contribution is -2.55. The number of nitrogens with zero attached hydrogens (tertiary/aromatic N) is 1. The molecule has 0 bridgehead atoms. The van der Waals surface area contributed by atoms with Crippen LogP contribution in [0, 0.1) is 5.41 Å². The average molecular weight is 673 g/mol. The minimum absolute atomic E-state index is 0.0590. The van der Waals surface area contributed by atoms with E-state index in [0.717, 1.165) is 40.7 Å². The second-order valence-corrected chi connectivity index (χ2v) is 13.4. The summed E-state index contributed by atoms with van der Waals surface area (Å²) in [5, 5.41) is 3.08. The molecule has 0 aromatic heterocycles. The van der Waals surface area contributed by atoms with Crippen molar-refractivity contribution in [1.82, 2.24) is 10.2 Å². The number of ether oxygens (including phenoxy) is 2. The Balaban J connectivity index is 1.19. The smallest absolute Gasteiger partial charge is 0.329 e. The molecule has 1 saturated heterocycles. The molecule has 1 aliphatic carbocycles. The van der Waals surface area contributed by atoms with Gasteiger partial charge in [0.25, 0.3) is 0 Å². The molecule has 2 aliphatic rings. The molecule has 0 unspecified atom stereocenters. The van der Waals surface area contributed by atoms with Crippen LogP contribution >= 0.6 is 0 Å². The number of likely N-dealkylation sites (tertiary alicyclic amines) is 1. The Bertz CT molecular complexity index is 1740. The predicted molar refractivity (Wildman–Crippen MR) is 190 cm³/mol. The molecule has 1 saturated carbocycles. The van der Waals surface area contributed by atoms with Gasteiger partial charge in [-0.15, -0.1) is 0 Å². The van der Waals surface area contributed by atoms with Gasteiger partial charge in [-0.3, -0.25) is 14.4 Å². The van der Waals surface area contributed by atoms with E-state index < -0.39 is 29.4 Å². The van der Waals surface area contributed by atoms with Gasteiger partial charge in [0.05, 0.1) is 11.8 Å². The number of hydrogen-bond acceptors (Lipinski definition) is 6. The van der Waals surface area contributed by atoms with E-state index in [1.54, 1.807) is 4.90 Å². The molecule has 1 N–H and O–H groups in total. The first-order valence-corrected chi connectivity index (χ1v) is 17.6. The van der Waals surface area contributed by atoms with Crippen molar-refractivity contribution in [2.45, 2.75) is 76.7 Å². The van der Waals surface area contributed by atoms with Gasteiger partial charge in [-0.2, -0.15) is 0 Å². The quantitative estimate of drug-likeness (QED) is 0.157. The number of hydrogen-bond donors (Lipinski definition) is 1. The Morgan fingerprint density at radius 3 is 1.86 bits per heavy atom. The molecule has 0 spiro atoms. The molecule has 50 heavy (non-hydrogen) atoms. The van der Waals surface area contributed by atoms with Crippen LogP contribution in [0.15, 0.2) is 115 Å². The molecule has 1 heterocycles. The zero-order chi connectivity index (χ0) is 34.8. The summed E-state index contributed by atoms with van der Waals surface area (Å²) in [6.07, 6.45) is 3.99. The minimum atomic E-state index is -0.970. The Labute approximate surface area is 293 Å². The van der Waals surface area contributed by atoms with Crippen LogP contribution < -0.4 is 5.32 Å². The van der Waals surface area contributed by atoms with Crippen molar-refractivity contribution >= 4 is 23.8 Å². The van der Waals surface area contributed by atoms with Gasteiger partial charge in [0, 0.05) is 13.0 Å². The van der Waals surface area contributed by atoms with Crippen molar-refractivity contribution in [1.29, 1.82) is 0 Å². The van der Waals surface area contributed by atoms with Crippen molar-refractivity contribution in [2.75, 3.05) is 6.54 Å². The highest BCUT2D eigenvalue weighted by Gasteiger charge is 2.46. The van der Waals surface area contributed by atoms with Crippen LogP contribution in [0.5, 0.6) is 0 Å². The zero-order valence-electron chi connectivity index (χ0n) is 28.3. The summed E-state index contributed by atoms with van der Waals surface area (Å²) < 4.78 is 11.2. The van der Waals surface area contributed by atoms with Gasteiger partial charge < -0.3 is 19.7 Å². The van der Waals surface area contributed by atoms with E-state index in [1.807, 2.05) is 115 Å². The fourth-order valence-corrected chi connectivity index (χ4v) is 7.11. The van der Waals surface area contributed by atoms with E-state index in [4.69, 9.17) is 9.47 Å². The molecule has 6 rings (SSSR count). The van der Waals surface area contributed by atoms with E-state index in [1.165, 1.54) is 0 Å². The topological polar surface area (TPSA) is 102 Å². The highest BCUT2D eigenvalue weighted by Crippen LogP contribution is 2.42. The summed E-state index contributed by atoms with van der Waals surface area (Å²) >= 11 is 0.